The lowest BCUT2D eigenvalue weighted by atomic mass is 10.0. The molecule has 1 aliphatic heterocycles. The van der Waals surface area contributed by atoms with Gasteiger partial charge >= 0.3 is 5.97 Å². The van der Waals surface area contributed by atoms with Gasteiger partial charge in [0.1, 0.15) is 0 Å². The summed E-state index contributed by atoms with van der Waals surface area (Å²) in [5.74, 6) is -1.33. The Morgan fingerprint density at radius 1 is 1.45 bits per heavy atom. The molecule has 1 aliphatic rings. The van der Waals surface area contributed by atoms with Crippen LogP contribution in [0.25, 0.3) is 0 Å². The van der Waals surface area contributed by atoms with Crippen LogP contribution < -0.4 is 10.0 Å². The summed E-state index contributed by atoms with van der Waals surface area (Å²) in [4.78, 5) is 22.1. The molecule has 0 bridgehead atoms. The van der Waals surface area contributed by atoms with Crippen LogP contribution in [-0.4, -0.2) is 37.5 Å². The van der Waals surface area contributed by atoms with E-state index in [2.05, 4.69) is 26.0 Å². The summed E-state index contributed by atoms with van der Waals surface area (Å²) in [6.45, 7) is 1.79. The van der Waals surface area contributed by atoms with E-state index in [1.807, 2.05) is 0 Å². The molecule has 1 amide bonds. The molecule has 0 spiro atoms. The predicted molar refractivity (Wildman–Crippen MR) is 82.1 cm³/mol. The molecule has 1 unspecified atom stereocenters. The lowest BCUT2D eigenvalue weighted by molar-refractivity contribution is -0.119. The maximum absolute atomic E-state index is 12.3. The quantitative estimate of drug-likeness (QED) is 0.696. The molecule has 1 aromatic carbocycles. The molecule has 2 rings (SSSR count). The normalized spacial score (nSPS) is 21.6. The number of carbonyl (C=O) groups excluding carboxylic acids is 1. The van der Waals surface area contributed by atoms with Crippen LogP contribution in [0.5, 0.6) is 0 Å². The van der Waals surface area contributed by atoms with Crippen molar-refractivity contribution in [3.63, 3.8) is 0 Å². The third-order valence-electron chi connectivity index (χ3n) is 3.43. The largest absolute Gasteiger partial charge is 0.478 e. The van der Waals surface area contributed by atoms with E-state index in [1.165, 1.54) is 12.1 Å². The Hall–Kier alpha value is -1.45. The van der Waals surface area contributed by atoms with Gasteiger partial charge in [0.05, 0.1) is 16.0 Å². The Bertz CT molecular complexity index is 734. The van der Waals surface area contributed by atoms with Gasteiger partial charge in [-0.2, -0.15) is 0 Å². The van der Waals surface area contributed by atoms with Gasteiger partial charge in [0.2, 0.25) is 15.9 Å². The minimum atomic E-state index is -3.88. The second-order valence-electron chi connectivity index (χ2n) is 5.41. The molecule has 0 aliphatic carbocycles. The number of aromatic carboxylic acids is 1. The molecule has 1 saturated heterocycles. The van der Waals surface area contributed by atoms with E-state index in [4.69, 9.17) is 5.11 Å². The van der Waals surface area contributed by atoms with Crippen molar-refractivity contribution in [1.29, 1.82) is 0 Å². The van der Waals surface area contributed by atoms with Crippen molar-refractivity contribution in [3.05, 3.63) is 28.2 Å². The summed E-state index contributed by atoms with van der Waals surface area (Å²) in [6, 6.07) is 3.73. The SMILES string of the molecule is CC1(CNS(=O)(=O)c2cc(Br)cc(C(=O)O)c2)CCC(=O)N1. The van der Waals surface area contributed by atoms with Crippen molar-refractivity contribution in [2.75, 3.05) is 6.54 Å². The van der Waals surface area contributed by atoms with Crippen molar-refractivity contribution >= 4 is 37.8 Å². The minimum absolute atomic E-state index is 0.0377. The highest BCUT2D eigenvalue weighted by molar-refractivity contribution is 9.10. The van der Waals surface area contributed by atoms with Crippen LogP contribution in [0.15, 0.2) is 27.6 Å². The highest BCUT2D eigenvalue weighted by Crippen LogP contribution is 2.22. The van der Waals surface area contributed by atoms with Gasteiger partial charge in [-0.15, -0.1) is 0 Å². The van der Waals surface area contributed by atoms with Crippen LogP contribution in [0.3, 0.4) is 0 Å². The average molecular weight is 391 g/mol. The zero-order valence-electron chi connectivity index (χ0n) is 11.7. The smallest absolute Gasteiger partial charge is 0.335 e. The fourth-order valence-electron chi connectivity index (χ4n) is 2.16. The molecule has 22 heavy (non-hydrogen) atoms. The average Bonchev–Trinajstić information content (AvgIpc) is 2.76. The van der Waals surface area contributed by atoms with Crippen LogP contribution in [0.2, 0.25) is 0 Å². The Labute approximate surface area is 136 Å². The topological polar surface area (TPSA) is 113 Å². The second-order valence-corrected chi connectivity index (χ2v) is 8.10. The van der Waals surface area contributed by atoms with E-state index in [0.29, 0.717) is 17.3 Å². The van der Waals surface area contributed by atoms with Crippen molar-refractivity contribution in [2.45, 2.75) is 30.2 Å². The number of carboxylic acid groups (broad SMARTS) is 1. The standard InChI is InChI=1S/C13H15BrN2O5S/c1-13(3-2-11(17)16-13)7-15-22(20,21)10-5-8(12(18)19)4-9(14)6-10/h4-6,15H,2-3,7H2,1H3,(H,16,17)(H,18,19). The fourth-order valence-corrected chi connectivity index (χ4v) is 4.05. The first kappa shape index (κ1) is 16.9. The maximum atomic E-state index is 12.3. The van der Waals surface area contributed by atoms with E-state index in [0.717, 1.165) is 6.07 Å². The Balaban J connectivity index is 2.20. The van der Waals surface area contributed by atoms with E-state index in [9.17, 15) is 18.0 Å². The first-order valence-electron chi connectivity index (χ1n) is 6.46. The van der Waals surface area contributed by atoms with Gasteiger partial charge < -0.3 is 10.4 Å². The van der Waals surface area contributed by atoms with Crippen molar-refractivity contribution < 1.29 is 23.1 Å². The van der Waals surface area contributed by atoms with Crippen LogP contribution in [-0.2, 0) is 14.8 Å². The van der Waals surface area contributed by atoms with Gasteiger partial charge in [-0.05, 0) is 31.5 Å². The van der Waals surface area contributed by atoms with Crippen LogP contribution >= 0.6 is 15.9 Å². The Kier molecular flexibility index (Phi) is 4.59. The number of benzene rings is 1. The summed E-state index contributed by atoms with van der Waals surface area (Å²) in [5.41, 5.74) is -0.763. The third-order valence-corrected chi connectivity index (χ3v) is 5.26. The van der Waals surface area contributed by atoms with Gasteiger partial charge in [0.25, 0.3) is 0 Å². The first-order valence-corrected chi connectivity index (χ1v) is 8.73. The van der Waals surface area contributed by atoms with Crippen molar-refractivity contribution in [1.82, 2.24) is 10.0 Å². The molecule has 1 heterocycles. The van der Waals surface area contributed by atoms with Crippen LogP contribution in [0.1, 0.15) is 30.1 Å². The van der Waals surface area contributed by atoms with Gasteiger partial charge in [-0.3, -0.25) is 4.79 Å². The lowest BCUT2D eigenvalue weighted by Crippen LogP contribution is -2.48. The van der Waals surface area contributed by atoms with Crippen molar-refractivity contribution in [3.8, 4) is 0 Å². The molecule has 9 heteroatoms. The van der Waals surface area contributed by atoms with Crippen LogP contribution in [0.4, 0.5) is 0 Å². The number of rotatable bonds is 5. The number of carboxylic acids is 1. The molecule has 120 valence electrons. The van der Waals surface area contributed by atoms with E-state index < -0.39 is 21.5 Å². The number of amides is 1. The molecule has 1 fully saturated rings. The highest BCUT2D eigenvalue weighted by atomic mass is 79.9. The summed E-state index contributed by atoms with van der Waals surface area (Å²) >= 11 is 3.10. The van der Waals surface area contributed by atoms with Gasteiger partial charge in [-0.25, -0.2) is 17.9 Å². The molecule has 0 aromatic heterocycles. The number of hydrogen-bond donors (Lipinski definition) is 3. The molecular formula is C13H15BrN2O5S. The summed E-state index contributed by atoms with van der Waals surface area (Å²) < 4.78 is 27.4. The number of hydrogen-bond acceptors (Lipinski definition) is 4. The second kappa shape index (κ2) is 5.98. The van der Waals surface area contributed by atoms with Crippen LogP contribution in [0, 0.1) is 0 Å². The van der Waals surface area contributed by atoms with E-state index in [1.54, 1.807) is 6.92 Å². The molecular weight excluding hydrogens is 376 g/mol. The number of nitrogens with one attached hydrogen (secondary N) is 2. The van der Waals surface area contributed by atoms with Gasteiger partial charge in [0.15, 0.2) is 0 Å². The van der Waals surface area contributed by atoms with E-state index >= 15 is 0 Å². The Morgan fingerprint density at radius 2 is 2.14 bits per heavy atom. The molecule has 3 N–H and O–H groups in total. The molecule has 1 aromatic rings. The van der Waals surface area contributed by atoms with Crippen molar-refractivity contribution in [2.24, 2.45) is 0 Å². The third kappa shape index (κ3) is 3.84. The fraction of sp³-hybridized carbons (Fsp3) is 0.385. The Morgan fingerprint density at radius 3 is 2.68 bits per heavy atom. The minimum Gasteiger partial charge on any atom is -0.478 e. The monoisotopic (exact) mass is 390 g/mol. The molecule has 0 saturated carbocycles. The summed E-state index contributed by atoms with van der Waals surface area (Å²) in [6.07, 6.45) is 0.894. The van der Waals surface area contributed by atoms with Gasteiger partial charge in [-0.1, -0.05) is 15.9 Å². The van der Waals surface area contributed by atoms with Gasteiger partial charge in [0, 0.05) is 17.4 Å². The number of carbonyl (C=O) groups is 2. The number of halogens is 1. The first-order chi connectivity index (χ1) is 10.1. The molecule has 0 radical (unpaired) electrons. The maximum Gasteiger partial charge on any atom is 0.335 e. The predicted octanol–water partition coefficient (Wildman–Crippen LogP) is 1.09. The zero-order valence-corrected chi connectivity index (χ0v) is 14.1. The number of sulfonamides is 1. The van der Waals surface area contributed by atoms with E-state index in [-0.39, 0.29) is 22.9 Å². The zero-order chi connectivity index (χ0) is 16.5. The summed E-state index contributed by atoms with van der Waals surface area (Å²) in [5, 5.41) is 11.7. The molecule has 7 nitrogen and oxygen atoms in total. The molecule has 1 atom stereocenters. The summed E-state index contributed by atoms with van der Waals surface area (Å²) in [7, 11) is -3.88. The highest BCUT2D eigenvalue weighted by Gasteiger charge is 2.34. The lowest BCUT2D eigenvalue weighted by Gasteiger charge is -2.24.